The van der Waals surface area contributed by atoms with Crippen molar-refractivity contribution in [3.8, 4) is 0 Å². The third-order valence-electron chi connectivity index (χ3n) is 3.49. The number of fused-ring (bicyclic) bond motifs is 1. The Labute approximate surface area is 73.0 Å². The molecular formula is C12H12. The zero-order valence-corrected chi connectivity index (χ0v) is 7.03. The molecule has 0 amide bonds. The zero-order valence-electron chi connectivity index (χ0n) is 7.03. The SMILES string of the molecule is C=C1C2C=CC3(C=CC=CC13)C2. The fraction of sp³-hybridized carbons (Fsp3) is 0.333. The molecule has 0 radical (unpaired) electrons. The maximum absolute atomic E-state index is 4.18. The van der Waals surface area contributed by atoms with Crippen LogP contribution in [-0.4, -0.2) is 0 Å². The van der Waals surface area contributed by atoms with E-state index in [1.165, 1.54) is 12.0 Å². The Balaban J connectivity index is 2.19. The molecule has 0 saturated heterocycles. The minimum Gasteiger partial charge on any atom is -0.0986 e. The fourth-order valence-corrected chi connectivity index (χ4v) is 2.81. The van der Waals surface area contributed by atoms with Crippen LogP contribution in [0.1, 0.15) is 6.42 Å². The summed E-state index contributed by atoms with van der Waals surface area (Å²) in [7, 11) is 0. The van der Waals surface area contributed by atoms with Gasteiger partial charge in [-0.25, -0.2) is 0 Å². The summed E-state index contributed by atoms with van der Waals surface area (Å²) in [6.07, 6.45) is 14.9. The van der Waals surface area contributed by atoms with Crippen LogP contribution in [0.4, 0.5) is 0 Å². The van der Waals surface area contributed by atoms with Crippen LogP contribution in [-0.2, 0) is 0 Å². The van der Waals surface area contributed by atoms with Gasteiger partial charge in [-0.2, -0.15) is 0 Å². The van der Waals surface area contributed by atoms with E-state index < -0.39 is 0 Å². The van der Waals surface area contributed by atoms with Gasteiger partial charge in [0.15, 0.2) is 0 Å². The highest BCUT2D eigenvalue weighted by molar-refractivity contribution is 5.43. The normalized spacial score (nSPS) is 47.2. The molecule has 0 aromatic heterocycles. The first-order chi connectivity index (χ1) is 5.82. The summed E-state index contributed by atoms with van der Waals surface area (Å²) in [5.41, 5.74) is 1.74. The van der Waals surface area contributed by atoms with Crippen molar-refractivity contribution in [1.29, 1.82) is 0 Å². The highest BCUT2D eigenvalue weighted by atomic mass is 14.5. The van der Waals surface area contributed by atoms with Crippen molar-refractivity contribution in [2.75, 3.05) is 0 Å². The van der Waals surface area contributed by atoms with E-state index in [2.05, 4.69) is 43.0 Å². The maximum Gasteiger partial charge on any atom is 0.0173 e. The molecule has 0 aliphatic heterocycles. The van der Waals surface area contributed by atoms with E-state index >= 15 is 0 Å². The fourth-order valence-electron chi connectivity index (χ4n) is 2.81. The largest absolute Gasteiger partial charge is 0.0986 e. The second-order valence-electron chi connectivity index (χ2n) is 4.08. The van der Waals surface area contributed by atoms with Crippen LogP contribution in [0, 0.1) is 17.3 Å². The highest BCUT2D eigenvalue weighted by Crippen LogP contribution is 2.57. The summed E-state index contributed by atoms with van der Waals surface area (Å²) in [6.45, 7) is 4.18. The first kappa shape index (κ1) is 6.47. The molecule has 3 aliphatic carbocycles. The van der Waals surface area contributed by atoms with Gasteiger partial charge in [-0.1, -0.05) is 48.6 Å². The predicted molar refractivity (Wildman–Crippen MR) is 50.6 cm³/mol. The van der Waals surface area contributed by atoms with Gasteiger partial charge in [-0.05, 0) is 12.3 Å². The first-order valence-corrected chi connectivity index (χ1v) is 4.56. The average Bonchev–Trinajstić information content (AvgIpc) is 2.60. The standard InChI is InChI=1S/C12H12/c1-9-10-5-7-12(8-10)6-3-2-4-11(9)12/h2-7,10-11H,1,8H2. The third-order valence-corrected chi connectivity index (χ3v) is 3.49. The molecule has 1 spiro atoms. The quantitative estimate of drug-likeness (QED) is 0.473. The minimum absolute atomic E-state index is 0.330. The van der Waals surface area contributed by atoms with Crippen molar-refractivity contribution in [3.05, 3.63) is 48.6 Å². The molecule has 1 fully saturated rings. The van der Waals surface area contributed by atoms with Gasteiger partial charge < -0.3 is 0 Å². The average molecular weight is 156 g/mol. The molecule has 60 valence electrons. The van der Waals surface area contributed by atoms with E-state index in [9.17, 15) is 0 Å². The van der Waals surface area contributed by atoms with Gasteiger partial charge in [-0.3, -0.25) is 0 Å². The molecule has 3 unspecified atom stereocenters. The van der Waals surface area contributed by atoms with Crippen LogP contribution in [0.25, 0.3) is 0 Å². The van der Waals surface area contributed by atoms with E-state index in [4.69, 9.17) is 0 Å². The topological polar surface area (TPSA) is 0 Å². The Morgan fingerprint density at radius 2 is 2.17 bits per heavy atom. The van der Waals surface area contributed by atoms with Crippen molar-refractivity contribution < 1.29 is 0 Å². The monoisotopic (exact) mass is 156 g/mol. The minimum atomic E-state index is 0.330. The molecule has 0 heteroatoms. The van der Waals surface area contributed by atoms with Gasteiger partial charge in [-0.15, -0.1) is 0 Å². The molecule has 1 saturated carbocycles. The van der Waals surface area contributed by atoms with Crippen molar-refractivity contribution >= 4 is 0 Å². The molecule has 0 N–H and O–H groups in total. The molecular weight excluding hydrogens is 144 g/mol. The molecule has 2 bridgehead atoms. The van der Waals surface area contributed by atoms with Gasteiger partial charge in [0.25, 0.3) is 0 Å². The summed E-state index contributed by atoms with van der Waals surface area (Å²) in [4.78, 5) is 0. The van der Waals surface area contributed by atoms with Crippen LogP contribution >= 0.6 is 0 Å². The summed E-state index contributed by atoms with van der Waals surface area (Å²) in [5.74, 6) is 1.25. The Bertz CT molecular complexity index is 330. The molecule has 3 atom stereocenters. The molecule has 0 heterocycles. The number of hydrogen-bond donors (Lipinski definition) is 0. The summed E-state index contributed by atoms with van der Waals surface area (Å²) in [5, 5.41) is 0. The zero-order chi connectivity index (χ0) is 8.18. The lowest BCUT2D eigenvalue weighted by molar-refractivity contribution is 0.447. The molecule has 3 aliphatic rings. The molecule has 0 aromatic rings. The Morgan fingerprint density at radius 3 is 3.00 bits per heavy atom. The summed E-state index contributed by atoms with van der Waals surface area (Å²) < 4.78 is 0. The lowest BCUT2D eigenvalue weighted by Crippen LogP contribution is -2.21. The second-order valence-corrected chi connectivity index (χ2v) is 4.08. The van der Waals surface area contributed by atoms with E-state index in [0.717, 1.165) is 0 Å². The van der Waals surface area contributed by atoms with Gasteiger partial charge in [0, 0.05) is 11.3 Å². The van der Waals surface area contributed by atoms with Crippen LogP contribution in [0.5, 0.6) is 0 Å². The van der Waals surface area contributed by atoms with Gasteiger partial charge >= 0.3 is 0 Å². The Morgan fingerprint density at radius 1 is 1.25 bits per heavy atom. The predicted octanol–water partition coefficient (Wildman–Crippen LogP) is 2.86. The van der Waals surface area contributed by atoms with E-state index in [1.807, 2.05) is 0 Å². The molecule has 0 nitrogen and oxygen atoms in total. The maximum atomic E-state index is 4.18. The molecule has 3 rings (SSSR count). The van der Waals surface area contributed by atoms with E-state index in [0.29, 0.717) is 17.3 Å². The van der Waals surface area contributed by atoms with Gasteiger partial charge in [0.2, 0.25) is 0 Å². The smallest absolute Gasteiger partial charge is 0.0173 e. The van der Waals surface area contributed by atoms with Crippen LogP contribution in [0.2, 0.25) is 0 Å². The second kappa shape index (κ2) is 1.82. The number of hydrogen-bond acceptors (Lipinski definition) is 0. The van der Waals surface area contributed by atoms with Crippen molar-refractivity contribution in [3.63, 3.8) is 0 Å². The summed E-state index contributed by atoms with van der Waals surface area (Å²) in [6, 6.07) is 0. The van der Waals surface area contributed by atoms with Crippen molar-refractivity contribution in [2.24, 2.45) is 17.3 Å². The number of allylic oxidation sites excluding steroid dienone is 7. The van der Waals surface area contributed by atoms with E-state index in [-0.39, 0.29) is 0 Å². The highest BCUT2D eigenvalue weighted by Gasteiger charge is 2.48. The van der Waals surface area contributed by atoms with Crippen LogP contribution in [0.15, 0.2) is 48.6 Å². The van der Waals surface area contributed by atoms with Crippen molar-refractivity contribution in [2.45, 2.75) is 6.42 Å². The Hall–Kier alpha value is -1.04. The lowest BCUT2D eigenvalue weighted by atomic mass is 9.74. The first-order valence-electron chi connectivity index (χ1n) is 4.56. The van der Waals surface area contributed by atoms with Gasteiger partial charge in [0.1, 0.15) is 0 Å². The number of rotatable bonds is 0. The van der Waals surface area contributed by atoms with Gasteiger partial charge in [0.05, 0.1) is 0 Å². The lowest BCUT2D eigenvalue weighted by Gasteiger charge is -2.29. The third kappa shape index (κ3) is 0.556. The summed E-state index contributed by atoms with van der Waals surface area (Å²) >= 11 is 0. The molecule has 0 aromatic carbocycles. The van der Waals surface area contributed by atoms with Crippen LogP contribution in [0.3, 0.4) is 0 Å². The molecule has 12 heavy (non-hydrogen) atoms. The Kier molecular flexibility index (Phi) is 0.982. The van der Waals surface area contributed by atoms with Crippen LogP contribution < -0.4 is 0 Å². The van der Waals surface area contributed by atoms with E-state index in [1.54, 1.807) is 0 Å². The van der Waals surface area contributed by atoms with Crippen molar-refractivity contribution in [1.82, 2.24) is 0 Å².